The lowest BCUT2D eigenvalue weighted by Crippen LogP contribution is -2.40. The normalized spacial score (nSPS) is 14.0. The Labute approximate surface area is 137 Å². The van der Waals surface area contributed by atoms with E-state index in [1.54, 1.807) is 0 Å². The molecular weight excluding hydrogens is 284 g/mol. The average molecular weight is 319 g/mol. The summed E-state index contributed by atoms with van der Waals surface area (Å²) in [6, 6.07) is 0. The summed E-state index contributed by atoms with van der Waals surface area (Å²) in [5, 5.41) is 0. The number of unbranched alkanes of at least 4 members (excludes halogenated alkanes) is 5. The number of alkyl halides is 1. The molecule has 0 bridgehead atoms. The van der Waals surface area contributed by atoms with E-state index in [2.05, 4.69) is 19.9 Å². The van der Waals surface area contributed by atoms with Gasteiger partial charge in [-0.1, -0.05) is 57.6 Å². The minimum absolute atomic E-state index is 0.266. The molecule has 0 aliphatic heterocycles. The molecule has 1 atom stereocenters. The summed E-state index contributed by atoms with van der Waals surface area (Å²) in [6.45, 7) is 9.67. The molecule has 3 heteroatoms. The summed E-state index contributed by atoms with van der Waals surface area (Å²) in [7, 11) is 0. The van der Waals surface area contributed by atoms with Crippen molar-refractivity contribution in [1.82, 2.24) is 0 Å². The number of rotatable bonds is 14. The number of allylic oxidation sites excluding steroid dienone is 1. The molecular formula is C18H35ClO2. The molecule has 0 rings (SSSR count). The summed E-state index contributed by atoms with van der Waals surface area (Å²) in [5.41, 5.74) is 0. The summed E-state index contributed by atoms with van der Waals surface area (Å²) in [4.78, 5) is 0. The standard InChI is InChI=1S/C18H35ClO2/c1-5-8-9-10-11-12-14-17(15-13-16-19)18(4,20-6-2)21-7-3/h13,15,17H,5-12,14,16H2,1-4H3. The predicted molar refractivity (Wildman–Crippen MR) is 93.0 cm³/mol. The number of halogens is 1. The first-order valence-electron chi connectivity index (χ1n) is 8.65. The van der Waals surface area contributed by atoms with Crippen LogP contribution in [0.1, 0.15) is 72.6 Å². The monoisotopic (exact) mass is 318 g/mol. The third-order valence-electron chi connectivity index (χ3n) is 3.86. The van der Waals surface area contributed by atoms with Crippen molar-refractivity contribution in [1.29, 1.82) is 0 Å². The van der Waals surface area contributed by atoms with Gasteiger partial charge in [-0.05, 0) is 27.2 Å². The fourth-order valence-electron chi connectivity index (χ4n) is 2.72. The van der Waals surface area contributed by atoms with Gasteiger partial charge >= 0.3 is 0 Å². The van der Waals surface area contributed by atoms with Crippen molar-refractivity contribution < 1.29 is 9.47 Å². The van der Waals surface area contributed by atoms with Crippen LogP contribution in [0.15, 0.2) is 12.2 Å². The maximum atomic E-state index is 5.91. The minimum Gasteiger partial charge on any atom is -0.350 e. The van der Waals surface area contributed by atoms with Gasteiger partial charge < -0.3 is 9.47 Å². The molecule has 0 aromatic rings. The summed E-state index contributed by atoms with van der Waals surface area (Å²) in [6.07, 6.45) is 13.1. The van der Waals surface area contributed by atoms with Crippen molar-refractivity contribution in [3.63, 3.8) is 0 Å². The van der Waals surface area contributed by atoms with Crippen molar-refractivity contribution in [2.24, 2.45) is 5.92 Å². The van der Waals surface area contributed by atoms with E-state index in [0.717, 1.165) is 6.42 Å². The van der Waals surface area contributed by atoms with Crippen molar-refractivity contribution >= 4 is 11.6 Å². The first-order valence-corrected chi connectivity index (χ1v) is 9.18. The minimum atomic E-state index is -0.532. The van der Waals surface area contributed by atoms with Gasteiger partial charge in [-0.3, -0.25) is 0 Å². The lowest BCUT2D eigenvalue weighted by molar-refractivity contribution is -0.244. The molecule has 126 valence electrons. The van der Waals surface area contributed by atoms with E-state index in [4.69, 9.17) is 21.1 Å². The van der Waals surface area contributed by atoms with Crippen molar-refractivity contribution in [3.05, 3.63) is 12.2 Å². The van der Waals surface area contributed by atoms with E-state index >= 15 is 0 Å². The van der Waals surface area contributed by atoms with Crippen LogP contribution in [0.2, 0.25) is 0 Å². The van der Waals surface area contributed by atoms with Crippen LogP contribution in [0.3, 0.4) is 0 Å². The Morgan fingerprint density at radius 1 is 0.952 bits per heavy atom. The quantitative estimate of drug-likeness (QED) is 0.171. The van der Waals surface area contributed by atoms with E-state index in [1.807, 2.05) is 19.9 Å². The zero-order valence-electron chi connectivity index (χ0n) is 14.5. The Morgan fingerprint density at radius 3 is 2.05 bits per heavy atom. The van der Waals surface area contributed by atoms with Gasteiger partial charge in [0, 0.05) is 25.0 Å². The Kier molecular flexibility index (Phi) is 13.6. The molecule has 0 aliphatic carbocycles. The molecule has 0 N–H and O–H groups in total. The molecule has 1 unspecified atom stereocenters. The maximum absolute atomic E-state index is 5.91. The van der Waals surface area contributed by atoms with E-state index in [9.17, 15) is 0 Å². The van der Waals surface area contributed by atoms with Gasteiger partial charge in [-0.2, -0.15) is 0 Å². The molecule has 0 heterocycles. The van der Waals surface area contributed by atoms with E-state index in [-0.39, 0.29) is 5.92 Å². The van der Waals surface area contributed by atoms with Crippen molar-refractivity contribution in [2.45, 2.75) is 78.4 Å². The molecule has 0 radical (unpaired) electrons. The van der Waals surface area contributed by atoms with Gasteiger partial charge in [0.2, 0.25) is 0 Å². The highest BCUT2D eigenvalue weighted by molar-refractivity contribution is 6.18. The molecule has 0 fully saturated rings. The largest absolute Gasteiger partial charge is 0.350 e. The molecule has 0 amide bonds. The van der Waals surface area contributed by atoms with Gasteiger partial charge in [0.05, 0.1) is 0 Å². The van der Waals surface area contributed by atoms with Gasteiger partial charge in [-0.25, -0.2) is 0 Å². The molecule has 0 aromatic heterocycles. The average Bonchev–Trinajstić information content (AvgIpc) is 2.46. The van der Waals surface area contributed by atoms with E-state index < -0.39 is 5.79 Å². The molecule has 0 saturated carbocycles. The zero-order chi connectivity index (χ0) is 16.0. The lowest BCUT2D eigenvalue weighted by Gasteiger charge is -2.35. The van der Waals surface area contributed by atoms with Gasteiger partial charge in [0.25, 0.3) is 0 Å². The summed E-state index contributed by atoms with van der Waals surface area (Å²) in [5.74, 6) is 0.277. The predicted octanol–water partition coefficient (Wildman–Crippen LogP) is 5.94. The summed E-state index contributed by atoms with van der Waals surface area (Å²) < 4.78 is 11.8. The Balaban J connectivity index is 4.43. The highest BCUT2D eigenvalue weighted by Gasteiger charge is 2.33. The first-order chi connectivity index (χ1) is 10.1. The van der Waals surface area contributed by atoms with Crippen LogP contribution in [0.25, 0.3) is 0 Å². The second kappa shape index (κ2) is 13.6. The van der Waals surface area contributed by atoms with E-state index in [0.29, 0.717) is 19.1 Å². The molecule has 0 aliphatic rings. The third-order valence-corrected chi connectivity index (χ3v) is 4.04. The molecule has 0 spiro atoms. The van der Waals surface area contributed by atoms with Crippen LogP contribution in [-0.4, -0.2) is 24.9 Å². The van der Waals surface area contributed by atoms with Gasteiger partial charge in [0.15, 0.2) is 5.79 Å². The second-order valence-corrected chi connectivity index (χ2v) is 5.94. The SMILES string of the molecule is CCCCCCCCC(C=CCCl)C(C)(OCC)OCC. The maximum Gasteiger partial charge on any atom is 0.171 e. The fourth-order valence-corrected chi connectivity index (χ4v) is 2.83. The smallest absolute Gasteiger partial charge is 0.171 e. The van der Waals surface area contributed by atoms with E-state index in [1.165, 1.54) is 38.5 Å². The van der Waals surface area contributed by atoms with Crippen LogP contribution in [0.5, 0.6) is 0 Å². The molecule has 0 aromatic carbocycles. The molecule has 21 heavy (non-hydrogen) atoms. The van der Waals surface area contributed by atoms with Crippen molar-refractivity contribution in [2.75, 3.05) is 19.1 Å². The van der Waals surface area contributed by atoms with Gasteiger partial charge in [0.1, 0.15) is 0 Å². The first kappa shape index (κ1) is 20.9. The second-order valence-electron chi connectivity index (χ2n) is 5.63. The Hall–Kier alpha value is -0.0500. The van der Waals surface area contributed by atoms with Crippen molar-refractivity contribution in [3.8, 4) is 0 Å². The Morgan fingerprint density at radius 2 is 1.52 bits per heavy atom. The highest BCUT2D eigenvalue weighted by Crippen LogP contribution is 2.30. The van der Waals surface area contributed by atoms with Crippen LogP contribution in [-0.2, 0) is 9.47 Å². The number of hydrogen-bond donors (Lipinski definition) is 0. The summed E-state index contributed by atoms with van der Waals surface area (Å²) >= 11 is 5.80. The third kappa shape index (κ3) is 9.55. The Bertz CT molecular complexity index is 248. The van der Waals surface area contributed by atoms with Crippen LogP contribution in [0.4, 0.5) is 0 Å². The fraction of sp³-hybridized carbons (Fsp3) is 0.889. The highest BCUT2D eigenvalue weighted by atomic mass is 35.5. The van der Waals surface area contributed by atoms with Crippen LogP contribution >= 0.6 is 11.6 Å². The molecule has 2 nitrogen and oxygen atoms in total. The number of hydrogen-bond acceptors (Lipinski definition) is 2. The lowest BCUT2D eigenvalue weighted by atomic mass is 9.92. The zero-order valence-corrected chi connectivity index (χ0v) is 15.3. The molecule has 0 saturated heterocycles. The van der Waals surface area contributed by atoms with Gasteiger partial charge in [-0.15, -0.1) is 11.6 Å². The topological polar surface area (TPSA) is 18.5 Å². The van der Waals surface area contributed by atoms with Crippen LogP contribution < -0.4 is 0 Å². The number of ether oxygens (including phenoxy) is 2. The van der Waals surface area contributed by atoms with Crippen LogP contribution in [0, 0.1) is 5.92 Å².